The molecule has 0 radical (unpaired) electrons. The standard InChI is InChI=1S/C11H10INO/c12-7-2-3-9-8(6-7)11(4-1-5-11)10(14)13-9/h2-3,6H,1,4-5H2,(H,13,14). The number of carbonyl (C=O) groups excluding carboxylic acids is 1. The van der Waals surface area contributed by atoms with Gasteiger partial charge in [-0.1, -0.05) is 6.42 Å². The van der Waals surface area contributed by atoms with Gasteiger partial charge in [-0.05, 0) is 59.2 Å². The Bertz CT molecular complexity index is 423. The number of fused-ring (bicyclic) bond motifs is 2. The second kappa shape index (κ2) is 2.72. The maximum Gasteiger partial charge on any atom is 0.235 e. The third kappa shape index (κ3) is 0.935. The number of rotatable bonds is 0. The van der Waals surface area contributed by atoms with Crippen molar-refractivity contribution in [3.63, 3.8) is 0 Å². The molecule has 1 heterocycles. The minimum Gasteiger partial charge on any atom is -0.325 e. The lowest BCUT2D eigenvalue weighted by Crippen LogP contribution is -2.40. The van der Waals surface area contributed by atoms with Crippen LogP contribution in [0, 0.1) is 3.57 Å². The number of hydrogen-bond acceptors (Lipinski definition) is 1. The molecule has 1 amide bonds. The average molecular weight is 299 g/mol. The van der Waals surface area contributed by atoms with E-state index in [4.69, 9.17) is 0 Å². The Balaban J connectivity index is 2.20. The van der Waals surface area contributed by atoms with Gasteiger partial charge in [-0.2, -0.15) is 0 Å². The van der Waals surface area contributed by atoms with Crippen LogP contribution in [0.25, 0.3) is 0 Å². The van der Waals surface area contributed by atoms with Gasteiger partial charge in [-0.15, -0.1) is 0 Å². The third-order valence-electron chi connectivity index (χ3n) is 3.39. The van der Waals surface area contributed by atoms with Crippen molar-refractivity contribution in [3.8, 4) is 0 Å². The van der Waals surface area contributed by atoms with Crippen LogP contribution in [0.5, 0.6) is 0 Å². The highest BCUT2D eigenvalue weighted by molar-refractivity contribution is 14.1. The normalized spacial score (nSPS) is 21.6. The lowest BCUT2D eigenvalue weighted by molar-refractivity contribution is -0.123. The summed E-state index contributed by atoms with van der Waals surface area (Å²) in [7, 11) is 0. The van der Waals surface area contributed by atoms with Gasteiger partial charge >= 0.3 is 0 Å². The van der Waals surface area contributed by atoms with Gasteiger partial charge in [0.1, 0.15) is 0 Å². The number of halogens is 1. The molecule has 2 aliphatic rings. The first-order valence-electron chi connectivity index (χ1n) is 4.84. The van der Waals surface area contributed by atoms with E-state index in [-0.39, 0.29) is 11.3 Å². The summed E-state index contributed by atoms with van der Waals surface area (Å²) in [6.07, 6.45) is 3.22. The van der Waals surface area contributed by atoms with Crippen molar-refractivity contribution in [1.29, 1.82) is 0 Å². The maximum atomic E-state index is 11.8. The lowest BCUT2D eigenvalue weighted by Gasteiger charge is -2.36. The van der Waals surface area contributed by atoms with Gasteiger partial charge in [0, 0.05) is 9.26 Å². The molecule has 72 valence electrons. The van der Waals surface area contributed by atoms with E-state index in [1.165, 1.54) is 15.6 Å². The van der Waals surface area contributed by atoms with E-state index < -0.39 is 0 Å². The summed E-state index contributed by atoms with van der Waals surface area (Å²) in [5.41, 5.74) is 2.09. The molecule has 1 aromatic carbocycles. The number of nitrogens with one attached hydrogen (secondary N) is 1. The lowest BCUT2D eigenvalue weighted by atomic mass is 9.65. The van der Waals surface area contributed by atoms with Gasteiger partial charge in [0.05, 0.1) is 5.41 Å². The van der Waals surface area contributed by atoms with E-state index in [0.717, 1.165) is 18.5 Å². The predicted molar refractivity (Wildman–Crippen MR) is 63.3 cm³/mol. The Labute approximate surface area is 96.2 Å². The zero-order valence-corrected chi connectivity index (χ0v) is 9.80. The molecule has 0 aromatic heterocycles. The summed E-state index contributed by atoms with van der Waals surface area (Å²) in [5, 5.41) is 2.98. The number of amides is 1. The van der Waals surface area contributed by atoms with Crippen LogP contribution in [0.4, 0.5) is 5.69 Å². The van der Waals surface area contributed by atoms with Crippen molar-refractivity contribution in [2.24, 2.45) is 0 Å². The van der Waals surface area contributed by atoms with Crippen LogP contribution in [0.1, 0.15) is 24.8 Å². The SMILES string of the molecule is O=C1Nc2ccc(I)cc2C12CCC2. The summed E-state index contributed by atoms with van der Waals surface area (Å²) >= 11 is 2.30. The molecule has 0 bridgehead atoms. The summed E-state index contributed by atoms with van der Waals surface area (Å²) in [6.45, 7) is 0. The monoisotopic (exact) mass is 299 g/mol. The molecule has 1 fully saturated rings. The fraction of sp³-hybridized carbons (Fsp3) is 0.364. The summed E-state index contributed by atoms with van der Waals surface area (Å²) in [6, 6.07) is 6.20. The van der Waals surface area contributed by atoms with Crippen LogP contribution in [0.15, 0.2) is 18.2 Å². The zero-order chi connectivity index (χ0) is 9.76. The highest BCUT2D eigenvalue weighted by Crippen LogP contribution is 2.51. The van der Waals surface area contributed by atoms with Gasteiger partial charge in [-0.25, -0.2) is 0 Å². The molecule has 1 aliphatic heterocycles. The molecular weight excluding hydrogens is 289 g/mol. The van der Waals surface area contributed by atoms with Gasteiger partial charge in [-0.3, -0.25) is 4.79 Å². The van der Waals surface area contributed by atoms with Gasteiger partial charge < -0.3 is 5.32 Å². The van der Waals surface area contributed by atoms with E-state index in [0.29, 0.717) is 0 Å². The van der Waals surface area contributed by atoms with Crippen LogP contribution >= 0.6 is 22.6 Å². The summed E-state index contributed by atoms with van der Waals surface area (Å²) in [4.78, 5) is 11.8. The van der Waals surface area contributed by atoms with E-state index >= 15 is 0 Å². The topological polar surface area (TPSA) is 29.1 Å². The van der Waals surface area contributed by atoms with Crippen LogP contribution in [-0.2, 0) is 10.2 Å². The van der Waals surface area contributed by atoms with Crippen molar-refractivity contribution >= 4 is 34.2 Å². The zero-order valence-electron chi connectivity index (χ0n) is 7.64. The van der Waals surface area contributed by atoms with Crippen molar-refractivity contribution in [2.75, 3.05) is 5.32 Å². The molecule has 1 N–H and O–H groups in total. The Hall–Kier alpha value is -0.580. The molecule has 1 spiro atoms. The minimum atomic E-state index is -0.156. The molecule has 1 aliphatic carbocycles. The minimum absolute atomic E-state index is 0.156. The van der Waals surface area contributed by atoms with Gasteiger partial charge in [0.2, 0.25) is 5.91 Å². The molecule has 3 rings (SSSR count). The number of hydrogen-bond donors (Lipinski definition) is 1. The quantitative estimate of drug-likeness (QED) is 0.733. The average Bonchev–Trinajstić information content (AvgIpc) is 2.35. The Morgan fingerprint density at radius 2 is 2.14 bits per heavy atom. The van der Waals surface area contributed by atoms with E-state index in [9.17, 15) is 4.79 Å². The first kappa shape index (κ1) is 8.71. The second-order valence-corrected chi connectivity index (χ2v) is 5.33. The summed E-state index contributed by atoms with van der Waals surface area (Å²) < 4.78 is 1.21. The Kier molecular flexibility index (Phi) is 1.69. The Morgan fingerprint density at radius 3 is 2.79 bits per heavy atom. The van der Waals surface area contributed by atoms with Crippen LogP contribution in [0.2, 0.25) is 0 Å². The first-order valence-corrected chi connectivity index (χ1v) is 5.92. The molecule has 14 heavy (non-hydrogen) atoms. The fourth-order valence-electron chi connectivity index (χ4n) is 2.41. The molecular formula is C11H10INO. The predicted octanol–water partition coefficient (Wildman–Crippen LogP) is 2.67. The molecule has 3 heteroatoms. The molecule has 0 unspecified atom stereocenters. The van der Waals surface area contributed by atoms with Crippen LogP contribution in [-0.4, -0.2) is 5.91 Å². The highest BCUT2D eigenvalue weighted by atomic mass is 127. The van der Waals surface area contributed by atoms with Crippen molar-refractivity contribution in [2.45, 2.75) is 24.7 Å². The van der Waals surface area contributed by atoms with E-state index in [1.54, 1.807) is 0 Å². The maximum absolute atomic E-state index is 11.8. The largest absolute Gasteiger partial charge is 0.325 e. The van der Waals surface area contributed by atoms with Crippen molar-refractivity contribution in [3.05, 3.63) is 27.3 Å². The molecule has 2 nitrogen and oxygen atoms in total. The Morgan fingerprint density at radius 1 is 1.36 bits per heavy atom. The first-order chi connectivity index (χ1) is 6.72. The number of benzene rings is 1. The third-order valence-corrected chi connectivity index (χ3v) is 4.06. The summed E-state index contributed by atoms with van der Waals surface area (Å²) in [5.74, 6) is 0.209. The highest BCUT2D eigenvalue weighted by Gasteiger charge is 2.50. The van der Waals surface area contributed by atoms with E-state index in [2.05, 4.69) is 34.0 Å². The number of carbonyl (C=O) groups is 1. The van der Waals surface area contributed by atoms with Gasteiger partial charge in [0.25, 0.3) is 0 Å². The van der Waals surface area contributed by atoms with Gasteiger partial charge in [0.15, 0.2) is 0 Å². The van der Waals surface area contributed by atoms with Crippen LogP contribution in [0.3, 0.4) is 0 Å². The molecule has 0 saturated heterocycles. The smallest absolute Gasteiger partial charge is 0.235 e. The van der Waals surface area contributed by atoms with Crippen molar-refractivity contribution in [1.82, 2.24) is 0 Å². The molecule has 1 saturated carbocycles. The van der Waals surface area contributed by atoms with E-state index in [1.807, 2.05) is 12.1 Å². The molecule has 0 atom stereocenters. The second-order valence-electron chi connectivity index (χ2n) is 4.08. The van der Waals surface area contributed by atoms with Crippen molar-refractivity contribution < 1.29 is 4.79 Å². The van der Waals surface area contributed by atoms with Crippen LogP contribution < -0.4 is 5.32 Å². The fourth-order valence-corrected chi connectivity index (χ4v) is 2.90. The number of anilines is 1. The molecule has 1 aromatic rings.